The van der Waals surface area contributed by atoms with Crippen molar-refractivity contribution >= 4 is 11.9 Å². The largest absolute Gasteiger partial charge is 0.338 e. The lowest BCUT2D eigenvalue weighted by Gasteiger charge is -2.16. The van der Waals surface area contributed by atoms with Crippen molar-refractivity contribution in [2.24, 2.45) is 0 Å². The Hall–Kier alpha value is -2.83. The zero-order chi connectivity index (χ0) is 19.9. The maximum atomic E-state index is 12.0. The third-order valence-electron chi connectivity index (χ3n) is 4.92. The van der Waals surface area contributed by atoms with Crippen LogP contribution in [0.3, 0.4) is 0 Å². The van der Waals surface area contributed by atoms with Crippen LogP contribution in [0.25, 0.3) is 0 Å². The normalized spacial score (nSPS) is 13.8. The number of aromatic nitrogens is 2. The van der Waals surface area contributed by atoms with E-state index in [1.807, 2.05) is 47.7 Å². The molecule has 0 aliphatic carbocycles. The monoisotopic (exact) mass is 383 g/mol. The van der Waals surface area contributed by atoms with Gasteiger partial charge in [0, 0.05) is 44.8 Å². The number of hydrogen-bond donors (Lipinski definition) is 2. The Morgan fingerprint density at radius 1 is 1.18 bits per heavy atom. The van der Waals surface area contributed by atoms with Crippen LogP contribution in [-0.4, -0.2) is 39.7 Å². The second kappa shape index (κ2) is 9.39. The molecule has 7 heteroatoms. The summed E-state index contributed by atoms with van der Waals surface area (Å²) in [5.41, 5.74) is 4.28. The first kappa shape index (κ1) is 19.9. The molecule has 3 rings (SSSR count). The van der Waals surface area contributed by atoms with Crippen LogP contribution in [0.2, 0.25) is 0 Å². The topological polar surface area (TPSA) is 79.3 Å². The predicted octanol–water partition coefficient (Wildman–Crippen LogP) is 2.51. The Balaban J connectivity index is 1.37. The predicted molar refractivity (Wildman–Crippen MR) is 108 cm³/mol. The minimum Gasteiger partial charge on any atom is -0.338 e. The number of urea groups is 1. The molecule has 28 heavy (non-hydrogen) atoms. The first-order valence-electron chi connectivity index (χ1n) is 9.89. The molecule has 2 heterocycles. The van der Waals surface area contributed by atoms with Gasteiger partial charge in [0.05, 0.1) is 5.69 Å². The van der Waals surface area contributed by atoms with Crippen LogP contribution < -0.4 is 10.6 Å². The highest BCUT2D eigenvalue weighted by Gasteiger charge is 2.19. The van der Waals surface area contributed by atoms with Crippen LogP contribution in [0.1, 0.15) is 41.8 Å². The van der Waals surface area contributed by atoms with Gasteiger partial charge in [0.25, 0.3) is 0 Å². The number of nitrogens with zero attached hydrogens (tertiary/aromatic N) is 3. The van der Waals surface area contributed by atoms with E-state index in [2.05, 4.69) is 21.8 Å². The average molecular weight is 383 g/mol. The molecule has 150 valence electrons. The van der Waals surface area contributed by atoms with Crippen molar-refractivity contribution in [1.82, 2.24) is 25.3 Å². The fourth-order valence-electron chi connectivity index (χ4n) is 3.51. The van der Waals surface area contributed by atoms with Crippen LogP contribution in [-0.2, 0) is 24.4 Å². The molecule has 0 bridgehead atoms. The number of aryl methyl sites for hydroxylation is 3. The standard InChI is InChI=1S/C21H29N5O2/c1-16-12-17(2)26(24-16)11-5-9-22-21(28)23-14-18-6-3-7-19(13-18)15-25-10-4-8-20(25)27/h3,6-7,12-13H,4-5,8-11,14-15H2,1-2H3,(H2,22,23,28). The van der Waals surface area contributed by atoms with Gasteiger partial charge >= 0.3 is 6.03 Å². The first-order chi connectivity index (χ1) is 13.5. The average Bonchev–Trinajstić information content (AvgIpc) is 3.21. The minimum absolute atomic E-state index is 0.173. The summed E-state index contributed by atoms with van der Waals surface area (Å²) in [6.45, 7) is 7.34. The lowest BCUT2D eigenvalue weighted by atomic mass is 10.1. The van der Waals surface area contributed by atoms with E-state index >= 15 is 0 Å². The van der Waals surface area contributed by atoms with Crippen LogP contribution in [0.5, 0.6) is 0 Å². The summed E-state index contributed by atoms with van der Waals surface area (Å²) >= 11 is 0. The zero-order valence-corrected chi connectivity index (χ0v) is 16.7. The van der Waals surface area contributed by atoms with E-state index in [1.165, 1.54) is 0 Å². The van der Waals surface area contributed by atoms with Crippen LogP contribution in [0.4, 0.5) is 4.79 Å². The maximum Gasteiger partial charge on any atom is 0.315 e. The number of amides is 3. The van der Waals surface area contributed by atoms with Gasteiger partial charge in [-0.3, -0.25) is 9.48 Å². The number of carbonyl (C=O) groups excluding carboxylic acids is 2. The quantitative estimate of drug-likeness (QED) is 0.688. The second-order valence-corrected chi connectivity index (χ2v) is 7.35. The van der Waals surface area contributed by atoms with E-state index in [0.717, 1.165) is 48.4 Å². The molecule has 3 amide bonds. The molecule has 0 atom stereocenters. The summed E-state index contributed by atoms with van der Waals surface area (Å²) in [7, 11) is 0. The lowest BCUT2D eigenvalue weighted by molar-refractivity contribution is -0.128. The number of carbonyl (C=O) groups is 2. The van der Waals surface area contributed by atoms with Gasteiger partial charge in [-0.25, -0.2) is 4.79 Å². The Morgan fingerprint density at radius 3 is 2.71 bits per heavy atom. The number of benzene rings is 1. The van der Waals surface area contributed by atoms with Gasteiger partial charge in [-0.05, 0) is 43.9 Å². The molecule has 2 aromatic rings. The van der Waals surface area contributed by atoms with Gasteiger partial charge in [0.15, 0.2) is 0 Å². The molecular formula is C21H29N5O2. The summed E-state index contributed by atoms with van der Waals surface area (Å²) in [6, 6.07) is 9.91. The number of hydrogen-bond acceptors (Lipinski definition) is 3. The fourth-order valence-corrected chi connectivity index (χ4v) is 3.51. The minimum atomic E-state index is -0.173. The summed E-state index contributed by atoms with van der Waals surface area (Å²) < 4.78 is 1.96. The Bertz CT molecular complexity index is 830. The summed E-state index contributed by atoms with van der Waals surface area (Å²) in [4.78, 5) is 25.7. The Labute approximate surface area is 166 Å². The molecule has 7 nitrogen and oxygen atoms in total. The number of nitrogens with one attached hydrogen (secondary N) is 2. The van der Waals surface area contributed by atoms with Crippen LogP contribution >= 0.6 is 0 Å². The summed E-state index contributed by atoms with van der Waals surface area (Å²) in [5.74, 6) is 0.225. The maximum absolute atomic E-state index is 12.0. The van der Waals surface area contributed by atoms with Crippen molar-refractivity contribution in [3.8, 4) is 0 Å². The zero-order valence-electron chi connectivity index (χ0n) is 16.7. The molecule has 1 aliphatic rings. The highest BCUT2D eigenvalue weighted by Crippen LogP contribution is 2.15. The van der Waals surface area contributed by atoms with E-state index in [1.54, 1.807) is 0 Å². The smallest absolute Gasteiger partial charge is 0.315 e. The fraction of sp³-hybridized carbons (Fsp3) is 0.476. The highest BCUT2D eigenvalue weighted by molar-refractivity contribution is 5.78. The van der Waals surface area contributed by atoms with E-state index in [0.29, 0.717) is 26.1 Å². The van der Waals surface area contributed by atoms with Crippen LogP contribution in [0, 0.1) is 13.8 Å². The molecule has 1 saturated heterocycles. The molecular weight excluding hydrogens is 354 g/mol. The van der Waals surface area contributed by atoms with Gasteiger partial charge in [-0.1, -0.05) is 24.3 Å². The van der Waals surface area contributed by atoms with Gasteiger partial charge in [-0.15, -0.1) is 0 Å². The molecule has 0 unspecified atom stereocenters. The highest BCUT2D eigenvalue weighted by atomic mass is 16.2. The number of rotatable bonds is 8. The molecule has 1 fully saturated rings. The first-order valence-corrected chi connectivity index (χ1v) is 9.89. The van der Waals surface area contributed by atoms with Crippen molar-refractivity contribution in [3.63, 3.8) is 0 Å². The van der Waals surface area contributed by atoms with E-state index in [4.69, 9.17) is 0 Å². The molecule has 2 N–H and O–H groups in total. The van der Waals surface area contributed by atoms with E-state index in [9.17, 15) is 9.59 Å². The Morgan fingerprint density at radius 2 is 2.00 bits per heavy atom. The van der Waals surface area contributed by atoms with Gasteiger partial charge in [0.1, 0.15) is 0 Å². The van der Waals surface area contributed by atoms with Gasteiger partial charge < -0.3 is 15.5 Å². The van der Waals surface area contributed by atoms with Crippen molar-refractivity contribution < 1.29 is 9.59 Å². The third-order valence-corrected chi connectivity index (χ3v) is 4.92. The summed E-state index contributed by atoms with van der Waals surface area (Å²) in [6.07, 6.45) is 2.43. The van der Waals surface area contributed by atoms with Crippen molar-refractivity contribution in [2.75, 3.05) is 13.1 Å². The summed E-state index contributed by atoms with van der Waals surface area (Å²) in [5, 5.41) is 10.2. The SMILES string of the molecule is Cc1cc(C)n(CCCNC(=O)NCc2cccc(CN3CCCC3=O)c2)n1. The molecule has 1 aromatic carbocycles. The molecule has 0 saturated carbocycles. The third kappa shape index (κ3) is 5.58. The van der Waals surface area contributed by atoms with Crippen LogP contribution in [0.15, 0.2) is 30.3 Å². The van der Waals surface area contributed by atoms with E-state index < -0.39 is 0 Å². The van der Waals surface area contributed by atoms with Gasteiger partial charge in [-0.2, -0.15) is 5.10 Å². The molecule has 0 radical (unpaired) electrons. The molecule has 1 aliphatic heterocycles. The molecule has 0 spiro atoms. The van der Waals surface area contributed by atoms with E-state index in [-0.39, 0.29) is 11.9 Å². The molecule has 1 aromatic heterocycles. The van der Waals surface area contributed by atoms with Crippen molar-refractivity contribution in [3.05, 3.63) is 52.8 Å². The Kier molecular flexibility index (Phi) is 6.68. The van der Waals surface area contributed by atoms with Crippen molar-refractivity contribution in [1.29, 1.82) is 0 Å². The van der Waals surface area contributed by atoms with Gasteiger partial charge in [0.2, 0.25) is 5.91 Å². The lowest BCUT2D eigenvalue weighted by Crippen LogP contribution is -2.36. The second-order valence-electron chi connectivity index (χ2n) is 7.35. The number of likely N-dealkylation sites (tertiary alicyclic amines) is 1. The van der Waals surface area contributed by atoms with Crippen molar-refractivity contribution in [2.45, 2.75) is 52.7 Å².